The molecular formula is C15H24N4. The molecule has 1 unspecified atom stereocenters. The monoisotopic (exact) mass is 260 g/mol. The fourth-order valence-corrected chi connectivity index (χ4v) is 5.74. The van der Waals surface area contributed by atoms with Crippen molar-refractivity contribution in [3.8, 4) is 0 Å². The molecule has 0 aromatic carbocycles. The van der Waals surface area contributed by atoms with E-state index >= 15 is 0 Å². The van der Waals surface area contributed by atoms with E-state index in [4.69, 9.17) is 5.73 Å². The lowest BCUT2D eigenvalue weighted by Gasteiger charge is -2.57. The molecule has 4 saturated carbocycles. The number of hydrogen-bond donors (Lipinski definition) is 1. The summed E-state index contributed by atoms with van der Waals surface area (Å²) in [7, 11) is 1.95. The van der Waals surface area contributed by atoms with E-state index in [1.165, 1.54) is 38.5 Å². The molecule has 1 aromatic heterocycles. The first-order valence-electron chi connectivity index (χ1n) is 7.74. The molecule has 0 aliphatic heterocycles. The second kappa shape index (κ2) is 4.05. The molecule has 4 fully saturated rings. The van der Waals surface area contributed by atoms with Crippen LogP contribution in [0.1, 0.15) is 56.7 Å². The molecule has 5 rings (SSSR count). The van der Waals surface area contributed by atoms with Crippen LogP contribution in [0.4, 0.5) is 0 Å². The van der Waals surface area contributed by atoms with Gasteiger partial charge in [0.05, 0.1) is 11.9 Å². The maximum atomic E-state index is 6.46. The Morgan fingerprint density at radius 3 is 2.32 bits per heavy atom. The van der Waals surface area contributed by atoms with Crippen molar-refractivity contribution >= 4 is 0 Å². The van der Waals surface area contributed by atoms with Gasteiger partial charge in [-0.05, 0) is 68.1 Å². The van der Waals surface area contributed by atoms with Crippen LogP contribution in [0.2, 0.25) is 0 Å². The lowest BCUT2D eigenvalue weighted by molar-refractivity contribution is -0.0608. The second-order valence-electron chi connectivity index (χ2n) is 7.51. The number of rotatable bonds is 3. The van der Waals surface area contributed by atoms with Crippen molar-refractivity contribution in [2.75, 3.05) is 0 Å². The van der Waals surface area contributed by atoms with Crippen LogP contribution in [-0.4, -0.2) is 15.0 Å². The number of hydrogen-bond acceptors (Lipinski definition) is 3. The van der Waals surface area contributed by atoms with Crippen LogP contribution in [0.3, 0.4) is 0 Å². The van der Waals surface area contributed by atoms with E-state index in [2.05, 4.69) is 10.3 Å². The molecule has 104 valence electrons. The molecule has 2 N–H and O–H groups in total. The van der Waals surface area contributed by atoms with Gasteiger partial charge in [0.15, 0.2) is 0 Å². The van der Waals surface area contributed by atoms with Crippen LogP contribution >= 0.6 is 0 Å². The lowest BCUT2D eigenvalue weighted by Crippen LogP contribution is -2.47. The summed E-state index contributed by atoms with van der Waals surface area (Å²) in [5.74, 6) is 3.01. The summed E-state index contributed by atoms with van der Waals surface area (Å²) in [4.78, 5) is 0. The minimum absolute atomic E-state index is 0.108. The quantitative estimate of drug-likeness (QED) is 0.908. The summed E-state index contributed by atoms with van der Waals surface area (Å²) in [5.41, 5.74) is 8.09. The highest BCUT2D eigenvalue weighted by Gasteiger charge is 2.51. The van der Waals surface area contributed by atoms with Gasteiger partial charge in [-0.2, -0.15) is 0 Å². The summed E-state index contributed by atoms with van der Waals surface area (Å²) in [6.45, 7) is 0. The summed E-state index contributed by atoms with van der Waals surface area (Å²) in [6.07, 6.45) is 11.8. The third-order valence-corrected chi connectivity index (χ3v) is 5.95. The highest BCUT2D eigenvalue weighted by atomic mass is 15.4. The molecule has 4 nitrogen and oxygen atoms in total. The number of aromatic nitrogens is 3. The Bertz CT molecular complexity index is 443. The van der Waals surface area contributed by atoms with Crippen molar-refractivity contribution in [2.45, 2.75) is 51.0 Å². The molecule has 0 saturated heterocycles. The topological polar surface area (TPSA) is 56.7 Å². The SMILES string of the molecule is Cn1nncc1C(N)CC12CC3CC(CC(C3)C1)C2. The molecule has 4 bridgehead atoms. The molecule has 0 amide bonds. The molecule has 1 heterocycles. The predicted molar refractivity (Wildman–Crippen MR) is 73.2 cm³/mol. The van der Waals surface area contributed by atoms with Crippen LogP contribution < -0.4 is 5.73 Å². The third-order valence-electron chi connectivity index (χ3n) is 5.95. The van der Waals surface area contributed by atoms with Gasteiger partial charge in [-0.3, -0.25) is 4.68 Å². The van der Waals surface area contributed by atoms with Gasteiger partial charge in [0, 0.05) is 13.1 Å². The van der Waals surface area contributed by atoms with Gasteiger partial charge in [0.1, 0.15) is 0 Å². The zero-order valence-corrected chi connectivity index (χ0v) is 11.8. The molecule has 0 radical (unpaired) electrons. The van der Waals surface area contributed by atoms with Gasteiger partial charge in [-0.25, -0.2) is 0 Å². The Hall–Kier alpha value is -0.900. The van der Waals surface area contributed by atoms with E-state index in [0.717, 1.165) is 29.9 Å². The normalized spacial score (nSPS) is 41.7. The fourth-order valence-electron chi connectivity index (χ4n) is 5.74. The molecule has 4 aliphatic rings. The maximum Gasteiger partial charge on any atom is 0.0751 e. The zero-order valence-electron chi connectivity index (χ0n) is 11.8. The minimum atomic E-state index is 0.108. The average Bonchev–Trinajstić information content (AvgIpc) is 2.72. The van der Waals surface area contributed by atoms with E-state index in [0.29, 0.717) is 5.41 Å². The molecule has 4 heteroatoms. The minimum Gasteiger partial charge on any atom is -0.323 e. The van der Waals surface area contributed by atoms with E-state index in [1.54, 1.807) is 0 Å². The van der Waals surface area contributed by atoms with Gasteiger partial charge < -0.3 is 5.73 Å². The summed E-state index contributed by atoms with van der Waals surface area (Å²) in [6, 6.07) is 0.108. The number of nitrogens with zero attached hydrogens (tertiary/aromatic N) is 3. The summed E-state index contributed by atoms with van der Waals surface area (Å²) < 4.78 is 1.84. The Morgan fingerprint density at radius 1 is 1.26 bits per heavy atom. The zero-order chi connectivity index (χ0) is 13.0. The van der Waals surface area contributed by atoms with Gasteiger partial charge in [0.2, 0.25) is 0 Å². The van der Waals surface area contributed by atoms with Crippen LogP contribution in [0.25, 0.3) is 0 Å². The van der Waals surface area contributed by atoms with Crippen molar-refractivity contribution in [1.29, 1.82) is 0 Å². The first-order chi connectivity index (χ1) is 9.13. The smallest absolute Gasteiger partial charge is 0.0751 e. The molecule has 1 aromatic rings. The van der Waals surface area contributed by atoms with E-state index < -0.39 is 0 Å². The largest absolute Gasteiger partial charge is 0.323 e. The highest BCUT2D eigenvalue weighted by Crippen LogP contribution is 2.62. The van der Waals surface area contributed by atoms with Crippen LogP contribution in [0.15, 0.2) is 6.20 Å². The summed E-state index contributed by atoms with van der Waals surface area (Å²) >= 11 is 0. The molecular weight excluding hydrogens is 236 g/mol. The van der Waals surface area contributed by atoms with Crippen molar-refractivity contribution < 1.29 is 0 Å². The summed E-state index contributed by atoms with van der Waals surface area (Å²) in [5, 5.41) is 7.99. The molecule has 19 heavy (non-hydrogen) atoms. The predicted octanol–water partition coefficient (Wildman–Crippen LogP) is 2.42. The van der Waals surface area contributed by atoms with Gasteiger partial charge in [-0.1, -0.05) is 5.21 Å². The highest BCUT2D eigenvalue weighted by molar-refractivity contribution is 5.07. The Balaban J connectivity index is 1.55. The first kappa shape index (κ1) is 11.9. The fraction of sp³-hybridized carbons (Fsp3) is 0.867. The third kappa shape index (κ3) is 1.92. The van der Waals surface area contributed by atoms with Crippen molar-refractivity contribution in [1.82, 2.24) is 15.0 Å². The Morgan fingerprint density at radius 2 is 1.84 bits per heavy atom. The van der Waals surface area contributed by atoms with Crippen molar-refractivity contribution in [2.24, 2.45) is 36.0 Å². The first-order valence-corrected chi connectivity index (χ1v) is 7.74. The lowest BCUT2D eigenvalue weighted by atomic mass is 9.48. The molecule has 1 atom stereocenters. The van der Waals surface area contributed by atoms with Crippen molar-refractivity contribution in [3.05, 3.63) is 11.9 Å². The number of nitrogens with two attached hydrogens (primary N) is 1. The second-order valence-corrected chi connectivity index (χ2v) is 7.51. The average molecular weight is 260 g/mol. The molecule has 4 aliphatic carbocycles. The van der Waals surface area contributed by atoms with Crippen LogP contribution in [0.5, 0.6) is 0 Å². The van der Waals surface area contributed by atoms with Crippen molar-refractivity contribution in [3.63, 3.8) is 0 Å². The standard InChI is InChI=1S/C15H24N4/c1-19-14(9-17-18-19)13(16)8-15-5-10-2-11(6-15)4-12(3-10)7-15/h9-13H,2-8,16H2,1H3. The number of aryl methyl sites for hydroxylation is 1. The van der Waals surface area contributed by atoms with Gasteiger partial charge in [-0.15, -0.1) is 5.10 Å². The van der Waals surface area contributed by atoms with Gasteiger partial charge >= 0.3 is 0 Å². The maximum absolute atomic E-state index is 6.46. The van der Waals surface area contributed by atoms with E-state index in [-0.39, 0.29) is 6.04 Å². The Kier molecular flexibility index (Phi) is 2.53. The van der Waals surface area contributed by atoms with E-state index in [9.17, 15) is 0 Å². The van der Waals surface area contributed by atoms with Crippen LogP contribution in [0, 0.1) is 23.2 Å². The Labute approximate surface area is 114 Å². The molecule has 0 spiro atoms. The van der Waals surface area contributed by atoms with Crippen LogP contribution in [-0.2, 0) is 7.05 Å². The van der Waals surface area contributed by atoms with Gasteiger partial charge in [0.25, 0.3) is 0 Å². The van der Waals surface area contributed by atoms with E-state index in [1.807, 2.05) is 17.9 Å².